The van der Waals surface area contributed by atoms with E-state index in [1.807, 2.05) is 0 Å². The minimum Gasteiger partial charge on any atom is -0.369 e. The van der Waals surface area contributed by atoms with Gasteiger partial charge in [-0.25, -0.2) is 0 Å². The zero-order valence-electron chi connectivity index (χ0n) is 19.1. The first-order chi connectivity index (χ1) is 14.6. The molecule has 0 heterocycles. The van der Waals surface area contributed by atoms with Gasteiger partial charge in [-0.2, -0.15) is 10.2 Å². The summed E-state index contributed by atoms with van der Waals surface area (Å²) in [5, 5.41) is 16.4. The number of allylic oxidation sites excluding steroid dienone is 2. The van der Waals surface area contributed by atoms with Gasteiger partial charge in [0.2, 0.25) is 11.9 Å². The molecule has 4 rings (SSSR count). The molecule has 8 N–H and O–H groups in total. The molecule has 0 bridgehead atoms. The highest BCUT2D eigenvalue weighted by Gasteiger charge is 2.59. The van der Waals surface area contributed by atoms with Gasteiger partial charge in [0.1, 0.15) is 0 Å². The summed E-state index contributed by atoms with van der Waals surface area (Å²) in [5.74, 6) is 2.78. The van der Waals surface area contributed by atoms with Gasteiger partial charge >= 0.3 is 0 Å². The Morgan fingerprint density at radius 3 is 2.32 bits per heavy atom. The first kappa shape index (κ1) is 21.8. The van der Waals surface area contributed by atoms with Gasteiger partial charge in [0.05, 0.1) is 5.71 Å². The van der Waals surface area contributed by atoms with E-state index in [1.165, 1.54) is 32.1 Å². The summed E-state index contributed by atoms with van der Waals surface area (Å²) in [6, 6.07) is 0. The molecule has 0 spiro atoms. The second-order valence-corrected chi connectivity index (χ2v) is 10.6. The molecule has 0 amide bonds. The Labute approximate surface area is 185 Å². The topological polar surface area (TPSA) is 154 Å². The van der Waals surface area contributed by atoms with E-state index in [0.717, 1.165) is 48.4 Å². The number of nitrogens with two attached hydrogens (primary N) is 4. The molecule has 0 aromatic heterocycles. The van der Waals surface area contributed by atoms with Crippen LogP contribution in [0.3, 0.4) is 0 Å². The summed E-state index contributed by atoms with van der Waals surface area (Å²) in [7, 11) is 0. The van der Waals surface area contributed by atoms with E-state index < -0.39 is 0 Å². The largest absolute Gasteiger partial charge is 0.369 e. The van der Waals surface area contributed by atoms with Crippen molar-refractivity contribution >= 4 is 23.3 Å². The lowest BCUT2D eigenvalue weighted by Gasteiger charge is -2.58. The fourth-order valence-corrected chi connectivity index (χ4v) is 7.66. The van der Waals surface area contributed by atoms with Gasteiger partial charge in [0, 0.05) is 11.6 Å². The van der Waals surface area contributed by atoms with Crippen LogP contribution in [0.25, 0.3) is 0 Å². The minimum absolute atomic E-state index is 0.0176. The first-order valence-corrected chi connectivity index (χ1v) is 11.6. The quantitative estimate of drug-likeness (QED) is 0.311. The zero-order chi connectivity index (χ0) is 22.4. The third-order valence-electron chi connectivity index (χ3n) is 9.10. The highest BCUT2D eigenvalue weighted by Crippen LogP contribution is 2.66. The van der Waals surface area contributed by atoms with E-state index in [-0.39, 0.29) is 17.3 Å². The molecule has 3 saturated carbocycles. The lowest BCUT2D eigenvalue weighted by Crippen LogP contribution is -2.51. The van der Waals surface area contributed by atoms with Crippen molar-refractivity contribution in [2.45, 2.75) is 72.1 Å². The number of hydrogen-bond donors (Lipinski definition) is 4. The molecule has 0 saturated heterocycles. The Bertz CT molecular complexity index is 876. The van der Waals surface area contributed by atoms with Crippen LogP contribution in [0, 0.1) is 34.5 Å². The predicted molar refractivity (Wildman–Crippen MR) is 127 cm³/mol. The lowest BCUT2D eigenvalue weighted by molar-refractivity contribution is -0.0407. The van der Waals surface area contributed by atoms with Crippen molar-refractivity contribution in [2.75, 3.05) is 0 Å². The minimum atomic E-state index is 0.0176. The van der Waals surface area contributed by atoms with Crippen molar-refractivity contribution in [3.8, 4) is 0 Å². The molecule has 31 heavy (non-hydrogen) atoms. The average Bonchev–Trinajstić information content (AvgIpc) is 3.07. The Balaban J connectivity index is 1.58. The number of guanidine groups is 2. The predicted octanol–water partition coefficient (Wildman–Crippen LogP) is 2.84. The molecule has 0 aromatic carbocycles. The molecular formula is C23H38N8. The molecule has 4 aliphatic rings. The molecule has 3 fully saturated rings. The van der Waals surface area contributed by atoms with Gasteiger partial charge in [0.15, 0.2) is 0 Å². The summed E-state index contributed by atoms with van der Waals surface area (Å²) in [4.78, 5) is 0. The smallest absolute Gasteiger partial charge is 0.211 e. The van der Waals surface area contributed by atoms with E-state index in [1.54, 1.807) is 5.57 Å². The van der Waals surface area contributed by atoms with Crippen molar-refractivity contribution < 1.29 is 0 Å². The van der Waals surface area contributed by atoms with E-state index in [9.17, 15) is 0 Å². The molecule has 8 nitrogen and oxygen atoms in total. The molecule has 0 radical (unpaired) electrons. The maximum absolute atomic E-state index is 5.50. The summed E-state index contributed by atoms with van der Waals surface area (Å²) in [6.45, 7) is 7.08. The maximum Gasteiger partial charge on any atom is 0.211 e. The molecule has 3 unspecified atom stereocenters. The summed E-state index contributed by atoms with van der Waals surface area (Å²) in [6.07, 6.45) is 11.8. The van der Waals surface area contributed by atoms with Crippen LogP contribution in [-0.4, -0.2) is 23.3 Å². The standard InChI is InChI=1S/C23H38N8/c1-13(28-30-20(24)25)17-6-7-18-16-5-4-14-12-15(29-31-21(26)27)8-10-22(14,2)19(16)9-11-23(17,18)3/h12,16-19H,4-11H2,1-3H3,(H4,24,25,30)(H4,26,27,31)/b28-13-,29-15-/t16?,17-,18?,19?,22+,23-/m1/s1. The van der Waals surface area contributed by atoms with Crippen LogP contribution in [-0.2, 0) is 0 Å². The normalized spacial score (nSPS) is 40.9. The highest BCUT2D eigenvalue weighted by molar-refractivity contribution is 5.97. The molecule has 6 atom stereocenters. The third kappa shape index (κ3) is 3.74. The van der Waals surface area contributed by atoms with Gasteiger partial charge in [0.25, 0.3) is 0 Å². The molecular weight excluding hydrogens is 388 g/mol. The van der Waals surface area contributed by atoms with Gasteiger partial charge in [-0.15, -0.1) is 10.2 Å². The Kier molecular flexibility index (Phi) is 5.60. The van der Waals surface area contributed by atoms with Crippen LogP contribution >= 0.6 is 0 Å². The van der Waals surface area contributed by atoms with Crippen LogP contribution < -0.4 is 22.9 Å². The number of hydrogen-bond acceptors (Lipinski definition) is 4. The van der Waals surface area contributed by atoms with Gasteiger partial charge < -0.3 is 22.9 Å². The van der Waals surface area contributed by atoms with E-state index in [0.29, 0.717) is 11.3 Å². The monoisotopic (exact) mass is 426 g/mol. The van der Waals surface area contributed by atoms with Gasteiger partial charge in [-0.3, -0.25) is 0 Å². The van der Waals surface area contributed by atoms with Crippen LogP contribution in [0.5, 0.6) is 0 Å². The zero-order valence-corrected chi connectivity index (χ0v) is 19.1. The van der Waals surface area contributed by atoms with Crippen molar-refractivity contribution in [3.63, 3.8) is 0 Å². The summed E-state index contributed by atoms with van der Waals surface area (Å²) >= 11 is 0. The van der Waals surface area contributed by atoms with Crippen molar-refractivity contribution in [1.29, 1.82) is 0 Å². The number of rotatable bonds is 3. The average molecular weight is 427 g/mol. The van der Waals surface area contributed by atoms with E-state index >= 15 is 0 Å². The van der Waals surface area contributed by atoms with Crippen LogP contribution in [0.2, 0.25) is 0 Å². The molecule has 4 aliphatic carbocycles. The Morgan fingerprint density at radius 2 is 1.61 bits per heavy atom. The van der Waals surface area contributed by atoms with Crippen LogP contribution in [0.1, 0.15) is 72.1 Å². The molecule has 0 aliphatic heterocycles. The maximum atomic E-state index is 5.50. The van der Waals surface area contributed by atoms with Crippen molar-refractivity contribution in [1.82, 2.24) is 0 Å². The Morgan fingerprint density at radius 1 is 0.871 bits per heavy atom. The Hall–Kier alpha value is -2.38. The number of nitrogens with zero attached hydrogens (tertiary/aromatic N) is 4. The molecule has 170 valence electrons. The van der Waals surface area contributed by atoms with Crippen LogP contribution in [0.4, 0.5) is 0 Å². The van der Waals surface area contributed by atoms with Crippen molar-refractivity contribution in [3.05, 3.63) is 11.6 Å². The molecule has 0 aromatic rings. The lowest BCUT2D eigenvalue weighted by atomic mass is 9.46. The van der Waals surface area contributed by atoms with Gasteiger partial charge in [-0.05, 0) is 93.0 Å². The van der Waals surface area contributed by atoms with Crippen LogP contribution in [0.15, 0.2) is 32.1 Å². The fraction of sp³-hybridized carbons (Fsp3) is 0.739. The SMILES string of the molecule is C/C(=N/N=C(N)N)[C@H]1CCC2C3CCC4=C/C(=N\N=C(N)N)CC[C@]4(C)C3CC[C@@]21C. The molecule has 8 heteroatoms. The van der Waals surface area contributed by atoms with Gasteiger partial charge in [-0.1, -0.05) is 19.4 Å². The van der Waals surface area contributed by atoms with Crippen molar-refractivity contribution in [2.24, 2.45) is 77.8 Å². The summed E-state index contributed by atoms with van der Waals surface area (Å²) < 4.78 is 0. The highest BCUT2D eigenvalue weighted by atomic mass is 15.3. The fourth-order valence-electron chi connectivity index (χ4n) is 7.66. The number of fused-ring (bicyclic) bond motifs is 5. The van der Waals surface area contributed by atoms with E-state index in [2.05, 4.69) is 47.3 Å². The second-order valence-electron chi connectivity index (χ2n) is 10.6. The third-order valence-corrected chi connectivity index (χ3v) is 9.10. The first-order valence-electron chi connectivity index (χ1n) is 11.6. The summed E-state index contributed by atoms with van der Waals surface area (Å²) in [5.41, 5.74) is 26.1. The second kappa shape index (κ2) is 7.95. The van der Waals surface area contributed by atoms with E-state index in [4.69, 9.17) is 22.9 Å².